The number of anilines is 1. The number of rotatable bonds is 21. The molecule has 62 heavy (non-hydrogen) atoms. The molecule has 1 unspecified atom stereocenters. The molecule has 5 amide bonds. The molecule has 1 atom stereocenters. The van der Waals surface area contributed by atoms with Gasteiger partial charge in [-0.25, -0.2) is 0 Å². The molecule has 2 aromatic carbocycles. The smallest absolute Gasteiger partial charge is 0.417 e. The van der Waals surface area contributed by atoms with Gasteiger partial charge in [-0.3, -0.25) is 43.8 Å². The van der Waals surface area contributed by atoms with Crippen molar-refractivity contribution in [1.82, 2.24) is 30.1 Å². The fraction of sp³-hybridized carbons (Fsp3) is 0.475. The number of hydrogen-bond donors (Lipinski definition) is 1. The number of aromatic nitrogens is 3. The average molecular weight is 885 g/mol. The highest BCUT2D eigenvalue weighted by Gasteiger charge is 2.50. The molecule has 3 aliphatic heterocycles. The van der Waals surface area contributed by atoms with Crippen molar-refractivity contribution in [2.45, 2.75) is 64.0 Å². The number of fused-ring (bicyclic) bond motifs is 1. The minimum Gasteiger partial charge on any atom is -0.490 e. The Morgan fingerprint density at radius 2 is 1.60 bits per heavy atom. The van der Waals surface area contributed by atoms with Crippen LogP contribution in [0.5, 0.6) is 5.75 Å². The summed E-state index contributed by atoms with van der Waals surface area (Å²) in [6.45, 7) is 6.33. The summed E-state index contributed by atoms with van der Waals surface area (Å²) in [4.78, 5) is 66.9. The number of halogens is 3. The predicted octanol–water partition coefficient (Wildman–Crippen LogP) is 3.02. The Balaban J connectivity index is 0.802. The molecule has 0 radical (unpaired) electrons. The Labute approximate surface area is 358 Å². The summed E-state index contributed by atoms with van der Waals surface area (Å²) in [5, 5.41) is 19.6. The minimum atomic E-state index is -4.79. The van der Waals surface area contributed by atoms with E-state index in [1.165, 1.54) is 18.2 Å². The second-order valence-electron chi connectivity index (χ2n) is 14.7. The first-order valence-electron chi connectivity index (χ1n) is 19.6. The maximum absolute atomic E-state index is 13.6. The van der Waals surface area contributed by atoms with Gasteiger partial charge < -0.3 is 28.6 Å². The number of amides is 5. The van der Waals surface area contributed by atoms with Crippen molar-refractivity contribution in [1.29, 1.82) is 5.26 Å². The van der Waals surface area contributed by atoms with Crippen LogP contribution in [0, 0.1) is 11.3 Å². The highest BCUT2D eigenvalue weighted by molar-refractivity contribution is 7.80. The van der Waals surface area contributed by atoms with Crippen molar-refractivity contribution in [3.63, 3.8) is 0 Å². The maximum atomic E-state index is 13.6. The third-order valence-corrected chi connectivity index (χ3v) is 10.5. The Kier molecular flexibility index (Phi) is 14.6. The number of carbonyl (C=O) groups is 5. The van der Waals surface area contributed by atoms with Crippen LogP contribution in [-0.4, -0.2) is 130 Å². The van der Waals surface area contributed by atoms with Crippen molar-refractivity contribution in [2.24, 2.45) is 0 Å². The molecular formula is C40H43F3N8O10S. The zero-order valence-electron chi connectivity index (χ0n) is 33.8. The van der Waals surface area contributed by atoms with Crippen LogP contribution < -0.4 is 15.0 Å². The number of aryl methyl sites for hydroxylation is 1. The van der Waals surface area contributed by atoms with Gasteiger partial charge in [0.15, 0.2) is 5.11 Å². The molecule has 2 fully saturated rings. The molecule has 0 bridgehead atoms. The number of carbonyl (C=O) groups excluding carboxylic acids is 5. The van der Waals surface area contributed by atoms with Crippen molar-refractivity contribution >= 4 is 52.6 Å². The predicted molar refractivity (Wildman–Crippen MR) is 212 cm³/mol. The number of imide groups is 2. The zero-order valence-corrected chi connectivity index (χ0v) is 34.6. The van der Waals surface area contributed by atoms with Gasteiger partial charge >= 0.3 is 6.18 Å². The van der Waals surface area contributed by atoms with Crippen LogP contribution in [0.3, 0.4) is 0 Å². The zero-order chi connectivity index (χ0) is 44.6. The van der Waals surface area contributed by atoms with E-state index < -0.39 is 58.4 Å². The van der Waals surface area contributed by atoms with Crippen LogP contribution in [0.25, 0.3) is 0 Å². The van der Waals surface area contributed by atoms with Crippen molar-refractivity contribution in [3.05, 3.63) is 70.5 Å². The van der Waals surface area contributed by atoms with Crippen LogP contribution in [0.2, 0.25) is 0 Å². The second-order valence-corrected chi connectivity index (χ2v) is 15.0. The van der Waals surface area contributed by atoms with Gasteiger partial charge in [0.1, 0.15) is 29.6 Å². The number of ether oxygens (including phenoxy) is 5. The maximum Gasteiger partial charge on any atom is 0.417 e. The second kappa shape index (κ2) is 19.9. The quantitative estimate of drug-likeness (QED) is 0.0927. The van der Waals surface area contributed by atoms with E-state index in [1.54, 1.807) is 41.8 Å². The molecular weight excluding hydrogens is 842 g/mol. The molecule has 1 N–H and O–H groups in total. The van der Waals surface area contributed by atoms with Gasteiger partial charge in [0.05, 0.1) is 93.1 Å². The Morgan fingerprint density at radius 3 is 2.26 bits per heavy atom. The monoisotopic (exact) mass is 884 g/mol. The van der Waals surface area contributed by atoms with Gasteiger partial charge in [-0.2, -0.15) is 18.4 Å². The summed E-state index contributed by atoms with van der Waals surface area (Å²) in [6, 6.07) is 8.17. The fourth-order valence-corrected chi connectivity index (χ4v) is 7.51. The number of nitrogens with zero attached hydrogens (tertiary/aromatic N) is 7. The van der Waals surface area contributed by atoms with E-state index in [4.69, 9.17) is 41.2 Å². The molecule has 1 aromatic heterocycles. The average Bonchev–Trinajstić information content (AvgIpc) is 3.84. The number of piperidine rings is 1. The first-order valence-corrected chi connectivity index (χ1v) is 20.0. The van der Waals surface area contributed by atoms with E-state index in [1.807, 2.05) is 0 Å². The fourth-order valence-electron chi connectivity index (χ4n) is 7.00. The van der Waals surface area contributed by atoms with Gasteiger partial charge in [-0.05, 0) is 69.2 Å². The van der Waals surface area contributed by atoms with Crippen molar-refractivity contribution in [2.75, 3.05) is 64.3 Å². The third-order valence-electron chi connectivity index (χ3n) is 10.1. The summed E-state index contributed by atoms with van der Waals surface area (Å²) in [6.07, 6.45) is -2.49. The van der Waals surface area contributed by atoms with Gasteiger partial charge in [0, 0.05) is 19.5 Å². The Morgan fingerprint density at radius 1 is 0.919 bits per heavy atom. The largest absolute Gasteiger partial charge is 0.490 e. The van der Waals surface area contributed by atoms with Crippen LogP contribution in [-0.2, 0) is 52.7 Å². The van der Waals surface area contributed by atoms with Crippen LogP contribution >= 0.6 is 12.2 Å². The van der Waals surface area contributed by atoms with E-state index >= 15 is 0 Å². The van der Waals surface area contributed by atoms with E-state index in [0.717, 1.165) is 21.9 Å². The van der Waals surface area contributed by atoms with Crippen LogP contribution in [0.4, 0.5) is 18.9 Å². The number of nitriles is 1. The van der Waals surface area contributed by atoms with E-state index in [-0.39, 0.29) is 66.9 Å². The van der Waals surface area contributed by atoms with Crippen LogP contribution in [0.15, 0.2) is 42.6 Å². The first kappa shape index (κ1) is 45.7. The van der Waals surface area contributed by atoms with Gasteiger partial charge in [0.25, 0.3) is 17.7 Å². The lowest BCUT2D eigenvalue weighted by atomic mass is 10.0. The SMILES string of the molecule is CC1(C)C(=O)N(c2ccc(C#N)c(C(F)(F)F)c2)C(=S)N1CCCn1cc(COCCOCCOCCOCCOc2cccc3c2C(=O)N(C2CCC(=O)NC2=O)C3=O)nn1. The number of hydrogen-bond acceptors (Lipinski definition) is 14. The summed E-state index contributed by atoms with van der Waals surface area (Å²) in [5.41, 5.74) is -2.10. The molecule has 18 nitrogen and oxygen atoms in total. The molecule has 3 aromatic rings. The Hall–Kier alpha value is -5.86. The van der Waals surface area contributed by atoms with Gasteiger partial charge in [0.2, 0.25) is 11.8 Å². The third kappa shape index (κ3) is 10.2. The molecule has 6 rings (SSSR count). The molecule has 0 saturated carbocycles. The molecule has 2 saturated heterocycles. The molecule has 22 heteroatoms. The normalized spacial score (nSPS) is 17.5. The lowest BCUT2D eigenvalue weighted by Crippen LogP contribution is -2.54. The molecule has 0 aliphatic carbocycles. The topological polar surface area (TPSA) is 208 Å². The molecule has 0 spiro atoms. The number of benzene rings is 2. The van der Waals surface area contributed by atoms with Gasteiger partial charge in [-0.1, -0.05) is 11.3 Å². The first-order chi connectivity index (χ1) is 29.6. The number of thiocarbonyl (C=S) groups is 1. The number of nitrogens with one attached hydrogen (secondary N) is 1. The summed E-state index contributed by atoms with van der Waals surface area (Å²) in [7, 11) is 0. The lowest BCUT2D eigenvalue weighted by Gasteiger charge is -2.29. The standard InChI is InChI=1S/C40H43F3N8O10S/c1-39(2)37(56)50(27-8-7-25(22-44)29(21-27)40(41,42)43)38(62)49(39)12-4-11-48-23-26(46-47-48)24-60-18-17-58-14-13-57-15-16-59-19-20-61-31-6-3-5-28-33(31)36(55)51(35(28)54)30-9-10-32(52)45-34(30)53/h3,5-8,21,23,30H,4,9-20,24H2,1-2H3,(H,45,52,53). The summed E-state index contributed by atoms with van der Waals surface area (Å²) >= 11 is 5.55. The van der Waals surface area contributed by atoms with Gasteiger partial charge in [-0.15, -0.1) is 5.10 Å². The van der Waals surface area contributed by atoms with Crippen molar-refractivity contribution < 1.29 is 60.8 Å². The van der Waals surface area contributed by atoms with Crippen LogP contribution in [0.1, 0.15) is 70.6 Å². The molecule has 3 aliphatic rings. The summed E-state index contributed by atoms with van der Waals surface area (Å²) in [5.74, 6) is -2.70. The highest BCUT2D eigenvalue weighted by atomic mass is 32.1. The lowest BCUT2D eigenvalue weighted by molar-refractivity contribution is -0.138. The highest BCUT2D eigenvalue weighted by Crippen LogP contribution is 2.38. The summed E-state index contributed by atoms with van der Waals surface area (Å²) < 4.78 is 70.4. The number of alkyl halides is 3. The minimum absolute atomic E-state index is 0.0257. The van der Waals surface area contributed by atoms with E-state index in [2.05, 4.69) is 15.6 Å². The van der Waals surface area contributed by atoms with Crippen molar-refractivity contribution in [3.8, 4) is 11.8 Å². The van der Waals surface area contributed by atoms with E-state index in [0.29, 0.717) is 58.2 Å². The molecule has 4 heterocycles. The van der Waals surface area contributed by atoms with E-state index in [9.17, 15) is 37.1 Å². The molecule has 330 valence electrons. The Bertz CT molecular complexity index is 2250.